The third-order valence-electron chi connectivity index (χ3n) is 8.21. The van der Waals surface area contributed by atoms with Crippen molar-refractivity contribution in [3.8, 4) is 6.07 Å². The normalized spacial score (nSPS) is 19.4. The molecule has 7 N–H and O–H groups in total. The van der Waals surface area contributed by atoms with Crippen molar-refractivity contribution >= 4 is 49.1 Å². The van der Waals surface area contributed by atoms with Gasteiger partial charge in [0.15, 0.2) is 5.78 Å². The number of amides is 1. The van der Waals surface area contributed by atoms with Gasteiger partial charge in [0.2, 0.25) is 0 Å². The summed E-state index contributed by atoms with van der Waals surface area (Å²) in [6.45, 7) is 5.57. The molecule has 0 saturated heterocycles. The maximum Gasteiger partial charge on any atom is 0.272 e. The van der Waals surface area contributed by atoms with Crippen molar-refractivity contribution in [3.05, 3.63) is 79.6 Å². The van der Waals surface area contributed by atoms with Gasteiger partial charge in [-0.1, -0.05) is 38.5 Å². The van der Waals surface area contributed by atoms with Crippen LogP contribution in [0.4, 0.5) is 11.4 Å². The number of carbonyl (C=O) groups is 2. The first-order valence-electron chi connectivity index (χ1n) is 14.2. The first-order valence-corrected chi connectivity index (χ1v) is 16.5. The number of Topliss-reactive ketones (excluding diaryl/α,β-unsaturated/α-hetero) is 1. The van der Waals surface area contributed by atoms with Gasteiger partial charge in [-0.05, 0) is 76.9 Å². The Morgan fingerprint density at radius 3 is 2.56 bits per heavy atom. The molecule has 0 aromatic heterocycles. The summed E-state index contributed by atoms with van der Waals surface area (Å²) in [6, 6.07) is 10.8. The Morgan fingerprint density at radius 1 is 1.28 bits per heavy atom. The lowest BCUT2D eigenvalue weighted by Crippen LogP contribution is -2.35. The van der Waals surface area contributed by atoms with Gasteiger partial charge in [-0.25, -0.2) is 0 Å². The number of primary amides is 1. The fraction of sp³-hybridized carbons (Fsp3) is 0.387. The highest BCUT2D eigenvalue weighted by atomic mass is 79.9. The van der Waals surface area contributed by atoms with Crippen molar-refractivity contribution in [1.29, 1.82) is 5.26 Å². The van der Waals surface area contributed by atoms with Gasteiger partial charge >= 0.3 is 0 Å². The third-order valence-corrected chi connectivity index (χ3v) is 10.3. The fourth-order valence-corrected chi connectivity index (χ4v) is 8.24. The first kappa shape index (κ1) is 32.3. The fourth-order valence-electron chi connectivity index (χ4n) is 6.25. The molecule has 2 aliphatic rings. The van der Waals surface area contributed by atoms with E-state index in [1.807, 2.05) is 6.07 Å². The zero-order valence-electron chi connectivity index (χ0n) is 24.3. The van der Waals surface area contributed by atoms with Crippen molar-refractivity contribution in [2.45, 2.75) is 70.6 Å². The van der Waals surface area contributed by atoms with Gasteiger partial charge in [-0.2, -0.15) is 13.7 Å². The Balaban J connectivity index is 2.03. The zero-order valence-corrected chi connectivity index (χ0v) is 26.7. The van der Waals surface area contributed by atoms with E-state index in [1.165, 1.54) is 6.07 Å². The van der Waals surface area contributed by atoms with E-state index in [4.69, 9.17) is 11.5 Å². The first-order chi connectivity index (χ1) is 20.3. The molecule has 10 nitrogen and oxygen atoms in total. The van der Waals surface area contributed by atoms with Crippen LogP contribution in [0.1, 0.15) is 91.1 Å². The summed E-state index contributed by atoms with van der Waals surface area (Å²) in [5.74, 6) is -1.80. The van der Waals surface area contributed by atoms with E-state index >= 15 is 0 Å². The molecule has 1 aliphatic heterocycles. The molecule has 4 rings (SSSR count). The molecule has 3 atom stereocenters. The van der Waals surface area contributed by atoms with Gasteiger partial charge < -0.3 is 22.1 Å². The van der Waals surface area contributed by atoms with Crippen LogP contribution in [-0.2, 0) is 21.5 Å². The molecular weight excluding hydrogens is 634 g/mol. The lowest BCUT2D eigenvalue weighted by molar-refractivity contribution is -0.117. The van der Waals surface area contributed by atoms with Crippen LogP contribution in [0.5, 0.6) is 0 Å². The molecular formula is C31H36BrN5O5S. The van der Waals surface area contributed by atoms with Crippen LogP contribution in [0, 0.1) is 17.2 Å². The molecule has 0 radical (unpaired) electrons. The Hall–Kier alpha value is -3.66. The summed E-state index contributed by atoms with van der Waals surface area (Å²) in [4.78, 5) is 26.7. The van der Waals surface area contributed by atoms with Crippen molar-refractivity contribution in [1.82, 2.24) is 5.32 Å². The number of dihydropyridines is 1. The summed E-state index contributed by atoms with van der Waals surface area (Å²) in [6.07, 6.45) is 2.62. The van der Waals surface area contributed by atoms with Crippen LogP contribution in [-0.4, -0.2) is 24.7 Å². The number of anilines is 2. The second kappa shape index (κ2) is 12.9. The monoisotopic (exact) mass is 669 g/mol. The standard InChI is InChI=1S/C31H36BrN5O5S/c1-4-8-17-11-23-28(24(38)12-17)26(21(14-33)16(3)37-23)19-13-20(31(35)39)30(36-15-18-9-6-7-10-22(18)34)29(32)27(19)25(5-2)43(40,41)42/h6-7,9-10,13,17,25-26,36-37H,4-5,8,11-12,15,34H2,1-3H3,(H2,35,39)(H,40,41,42). The molecule has 0 fully saturated rings. The minimum atomic E-state index is -4.68. The lowest BCUT2D eigenvalue weighted by atomic mass is 9.71. The highest BCUT2D eigenvalue weighted by Gasteiger charge is 2.42. The molecule has 228 valence electrons. The van der Waals surface area contributed by atoms with Crippen LogP contribution in [0.25, 0.3) is 0 Å². The molecule has 0 bridgehead atoms. The molecule has 2 aromatic rings. The van der Waals surface area contributed by atoms with E-state index in [0.29, 0.717) is 29.1 Å². The van der Waals surface area contributed by atoms with Gasteiger partial charge in [0, 0.05) is 40.1 Å². The number of allylic oxidation sites excluding steroid dienone is 4. The van der Waals surface area contributed by atoms with E-state index in [2.05, 4.69) is 39.6 Å². The number of nitrogens with zero attached hydrogens (tertiary/aromatic N) is 1. The summed E-state index contributed by atoms with van der Waals surface area (Å²) in [5.41, 5.74) is 15.6. The van der Waals surface area contributed by atoms with Gasteiger partial charge in [-0.3, -0.25) is 14.1 Å². The number of nitrogen functional groups attached to an aromatic ring is 1. The van der Waals surface area contributed by atoms with E-state index < -0.39 is 27.2 Å². The quantitative estimate of drug-likeness (QED) is 0.158. The highest BCUT2D eigenvalue weighted by Crippen LogP contribution is 2.50. The number of nitrogens with two attached hydrogens (primary N) is 2. The van der Waals surface area contributed by atoms with E-state index in [0.717, 1.165) is 18.4 Å². The van der Waals surface area contributed by atoms with E-state index in [-0.39, 0.29) is 63.5 Å². The number of ketones is 1. The Kier molecular flexibility index (Phi) is 9.69. The number of hydrogen-bond acceptors (Lipinski definition) is 8. The number of halogens is 1. The number of hydrogen-bond donors (Lipinski definition) is 5. The molecule has 1 heterocycles. The number of nitriles is 1. The lowest BCUT2D eigenvalue weighted by Gasteiger charge is -2.37. The largest absolute Gasteiger partial charge is 0.398 e. The molecule has 1 aliphatic carbocycles. The Labute approximate surface area is 260 Å². The van der Waals surface area contributed by atoms with Crippen LogP contribution in [0.2, 0.25) is 0 Å². The maximum atomic E-state index is 13.8. The molecule has 0 saturated carbocycles. The molecule has 0 spiro atoms. The Bertz CT molecular complexity index is 1690. The minimum Gasteiger partial charge on any atom is -0.398 e. The average Bonchev–Trinajstić information content (AvgIpc) is 2.92. The molecule has 3 unspecified atom stereocenters. The smallest absolute Gasteiger partial charge is 0.272 e. The minimum absolute atomic E-state index is 0.0214. The second-order valence-corrected chi connectivity index (χ2v) is 13.4. The number of rotatable bonds is 10. The van der Waals surface area contributed by atoms with E-state index in [9.17, 15) is 27.8 Å². The predicted molar refractivity (Wildman–Crippen MR) is 169 cm³/mol. The number of benzene rings is 2. The molecule has 2 aromatic carbocycles. The number of para-hydroxylation sites is 1. The van der Waals surface area contributed by atoms with Gasteiger partial charge in [0.05, 0.1) is 28.8 Å². The van der Waals surface area contributed by atoms with Crippen LogP contribution < -0.4 is 22.1 Å². The van der Waals surface area contributed by atoms with Crippen molar-refractivity contribution in [3.63, 3.8) is 0 Å². The van der Waals surface area contributed by atoms with E-state index in [1.54, 1.807) is 32.0 Å². The third kappa shape index (κ3) is 6.34. The predicted octanol–water partition coefficient (Wildman–Crippen LogP) is 5.60. The van der Waals surface area contributed by atoms with Crippen molar-refractivity contribution in [2.75, 3.05) is 11.1 Å². The summed E-state index contributed by atoms with van der Waals surface area (Å²) < 4.78 is 36.2. The van der Waals surface area contributed by atoms with Crippen LogP contribution in [0.3, 0.4) is 0 Å². The van der Waals surface area contributed by atoms with Crippen LogP contribution in [0.15, 0.2) is 57.3 Å². The maximum absolute atomic E-state index is 13.8. The van der Waals surface area contributed by atoms with Gasteiger partial charge in [-0.15, -0.1) is 0 Å². The highest BCUT2D eigenvalue weighted by molar-refractivity contribution is 9.10. The molecule has 43 heavy (non-hydrogen) atoms. The summed E-state index contributed by atoms with van der Waals surface area (Å²) in [7, 11) is -4.68. The van der Waals surface area contributed by atoms with Gasteiger partial charge in [0.25, 0.3) is 16.0 Å². The van der Waals surface area contributed by atoms with Gasteiger partial charge in [0.1, 0.15) is 5.25 Å². The molecule has 1 amide bonds. The zero-order chi connectivity index (χ0) is 31.6. The van der Waals surface area contributed by atoms with Crippen LogP contribution >= 0.6 is 15.9 Å². The SMILES string of the molecule is CCCC1CC(=O)C2=C(C1)NC(C)=C(C#N)C2c1cc(C(N)=O)c(NCc2ccccc2N)c(Br)c1C(CC)S(=O)(=O)O. The topological polar surface area (TPSA) is 188 Å². The average molecular weight is 671 g/mol. The number of carbonyl (C=O) groups excluding carboxylic acids is 2. The second-order valence-electron chi connectivity index (χ2n) is 11.0. The van der Waals surface area contributed by atoms with Crippen molar-refractivity contribution in [2.24, 2.45) is 11.7 Å². The summed E-state index contributed by atoms with van der Waals surface area (Å²) in [5, 5.41) is 15.3. The number of nitrogens with one attached hydrogen (secondary N) is 2. The molecule has 12 heteroatoms. The van der Waals surface area contributed by atoms with Crippen molar-refractivity contribution < 1.29 is 22.6 Å². The Morgan fingerprint density at radius 2 is 1.98 bits per heavy atom. The summed E-state index contributed by atoms with van der Waals surface area (Å²) >= 11 is 3.54.